The molecule has 2 aliphatic heterocycles. The lowest BCUT2D eigenvalue weighted by molar-refractivity contribution is -0.133. The number of ether oxygens (including phenoxy) is 1. The lowest BCUT2D eigenvalue weighted by Crippen LogP contribution is -2.41. The number of carbonyl (C=O) groups excluding carboxylic acids is 1. The van der Waals surface area contributed by atoms with Gasteiger partial charge in [-0.2, -0.15) is 0 Å². The van der Waals surface area contributed by atoms with Crippen LogP contribution in [0.15, 0.2) is 18.2 Å². The second-order valence-electron chi connectivity index (χ2n) is 7.34. The molecule has 1 aromatic rings. The van der Waals surface area contributed by atoms with E-state index in [1.54, 1.807) is 0 Å². The Morgan fingerprint density at radius 3 is 2.60 bits per heavy atom. The monoisotopic (exact) mass is 366 g/mol. The summed E-state index contributed by atoms with van der Waals surface area (Å²) in [5.41, 5.74) is 2.56. The fourth-order valence-corrected chi connectivity index (χ4v) is 3.65. The first-order valence-electron chi connectivity index (χ1n) is 9.34. The third kappa shape index (κ3) is 5.61. The third-order valence-corrected chi connectivity index (χ3v) is 5.50. The zero-order valence-corrected chi connectivity index (χ0v) is 16.2. The lowest BCUT2D eigenvalue weighted by atomic mass is 10.0. The van der Waals surface area contributed by atoms with Crippen LogP contribution in [0.2, 0.25) is 0 Å². The molecule has 1 aromatic carbocycles. The molecule has 0 radical (unpaired) electrons. The van der Waals surface area contributed by atoms with E-state index in [0.29, 0.717) is 18.2 Å². The summed E-state index contributed by atoms with van der Waals surface area (Å²) in [7, 11) is 0. The number of rotatable bonds is 5. The van der Waals surface area contributed by atoms with E-state index in [-0.39, 0.29) is 18.5 Å². The normalized spacial score (nSPS) is 21.0. The van der Waals surface area contributed by atoms with Crippen LogP contribution < -0.4 is 10.1 Å². The Balaban J connectivity index is 0.00000225. The lowest BCUT2D eigenvalue weighted by Gasteiger charge is -2.32. The van der Waals surface area contributed by atoms with E-state index in [4.69, 9.17) is 4.74 Å². The van der Waals surface area contributed by atoms with E-state index in [1.165, 1.54) is 17.5 Å². The average Bonchev–Trinajstić information content (AvgIpc) is 3.10. The smallest absolute Gasteiger partial charge is 0.222 e. The highest BCUT2D eigenvalue weighted by atomic mass is 35.5. The molecular formula is C20H31ClN2O2. The molecule has 140 valence electrons. The number of benzene rings is 1. The highest BCUT2D eigenvalue weighted by Crippen LogP contribution is 2.22. The van der Waals surface area contributed by atoms with Gasteiger partial charge in [0.25, 0.3) is 0 Å². The molecule has 4 nitrogen and oxygen atoms in total. The Hall–Kier alpha value is -1.26. The van der Waals surface area contributed by atoms with Gasteiger partial charge in [0.2, 0.25) is 5.91 Å². The molecule has 25 heavy (non-hydrogen) atoms. The van der Waals surface area contributed by atoms with E-state index < -0.39 is 0 Å². The number of amides is 1. The quantitative estimate of drug-likeness (QED) is 0.867. The van der Waals surface area contributed by atoms with Gasteiger partial charge >= 0.3 is 0 Å². The number of hydrogen-bond donors (Lipinski definition) is 1. The molecule has 0 saturated carbocycles. The summed E-state index contributed by atoms with van der Waals surface area (Å²) >= 11 is 0. The van der Waals surface area contributed by atoms with Gasteiger partial charge in [-0.1, -0.05) is 6.07 Å². The number of carbonyl (C=O) groups is 1. The van der Waals surface area contributed by atoms with Crippen LogP contribution >= 0.6 is 12.4 Å². The number of nitrogens with zero attached hydrogens (tertiary/aromatic N) is 1. The van der Waals surface area contributed by atoms with Crippen molar-refractivity contribution in [2.75, 3.05) is 26.2 Å². The van der Waals surface area contributed by atoms with Gasteiger partial charge in [-0.15, -0.1) is 12.4 Å². The predicted octanol–water partition coefficient (Wildman–Crippen LogP) is 3.48. The van der Waals surface area contributed by atoms with Crippen molar-refractivity contribution in [3.05, 3.63) is 29.3 Å². The summed E-state index contributed by atoms with van der Waals surface area (Å²) < 4.78 is 6.11. The average molecular weight is 367 g/mol. The van der Waals surface area contributed by atoms with E-state index in [2.05, 4.69) is 37.4 Å². The Morgan fingerprint density at radius 1 is 1.20 bits per heavy atom. The van der Waals surface area contributed by atoms with Gasteiger partial charge in [-0.05, 0) is 69.0 Å². The van der Waals surface area contributed by atoms with Crippen LogP contribution in [-0.2, 0) is 4.79 Å². The van der Waals surface area contributed by atoms with E-state index in [9.17, 15) is 4.79 Å². The molecule has 0 spiro atoms. The molecule has 1 N–H and O–H groups in total. The standard InChI is InChI=1S/C20H30N2O2.ClH/c1-15-3-5-19(13-16(15)2)24-18-8-11-22(12-9-18)20(23)6-4-17-7-10-21-14-17;/h3,5,13,17-18,21H,4,6-12,14H2,1-2H3;1H. The first kappa shape index (κ1) is 20.1. The molecule has 1 unspecified atom stereocenters. The van der Waals surface area contributed by atoms with Crippen LogP contribution in [0.3, 0.4) is 0 Å². The number of hydrogen-bond acceptors (Lipinski definition) is 3. The Labute approximate surface area is 157 Å². The summed E-state index contributed by atoms with van der Waals surface area (Å²) in [6.45, 7) is 8.09. The largest absolute Gasteiger partial charge is 0.490 e. The topological polar surface area (TPSA) is 41.6 Å². The summed E-state index contributed by atoms with van der Waals surface area (Å²) in [6, 6.07) is 6.28. The summed E-state index contributed by atoms with van der Waals surface area (Å²) in [5.74, 6) is 1.97. The highest BCUT2D eigenvalue weighted by Gasteiger charge is 2.25. The molecule has 3 rings (SSSR count). The van der Waals surface area contributed by atoms with Gasteiger partial charge in [-0.3, -0.25) is 4.79 Å². The minimum atomic E-state index is 0. The minimum absolute atomic E-state index is 0. The molecule has 0 bridgehead atoms. The maximum atomic E-state index is 12.4. The molecule has 0 aromatic heterocycles. The number of aryl methyl sites for hydroxylation is 2. The zero-order chi connectivity index (χ0) is 16.9. The van der Waals surface area contributed by atoms with Crippen LogP contribution in [0.5, 0.6) is 5.75 Å². The van der Waals surface area contributed by atoms with Crippen molar-refractivity contribution in [2.45, 2.75) is 52.1 Å². The first-order valence-corrected chi connectivity index (χ1v) is 9.34. The van der Waals surface area contributed by atoms with Crippen molar-refractivity contribution in [1.29, 1.82) is 0 Å². The van der Waals surface area contributed by atoms with Gasteiger partial charge < -0.3 is 15.0 Å². The summed E-state index contributed by atoms with van der Waals surface area (Å²) in [5, 5.41) is 3.37. The highest BCUT2D eigenvalue weighted by molar-refractivity contribution is 5.85. The van der Waals surface area contributed by atoms with Gasteiger partial charge in [0, 0.05) is 32.4 Å². The molecule has 2 heterocycles. The molecule has 2 fully saturated rings. The molecule has 2 saturated heterocycles. The van der Waals surface area contributed by atoms with Crippen molar-refractivity contribution in [3.63, 3.8) is 0 Å². The number of halogens is 1. The van der Waals surface area contributed by atoms with Crippen molar-refractivity contribution < 1.29 is 9.53 Å². The number of likely N-dealkylation sites (tertiary alicyclic amines) is 1. The van der Waals surface area contributed by atoms with E-state index in [0.717, 1.165) is 51.2 Å². The third-order valence-electron chi connectivity index (χ3n) is 5.50. The molecule has 1 atom stereocenters. The van der Waals surface area contributed by atoms with Crippen LogP contribution in [-0.4, -0.2) is 43.1 Å². The second kappa shape index (κ2) is 9.44. The number of nitrogens with one attached hydrogen (secondary N) is 1. The van der Waals surface area contributed by atoms with Gasteiger partial charge in [0.05, 0.1) is 0 Å². The van der Waals surface area contributed by atoms with Gasteiger partial charge in [-0.25, -0.2) is 0 Å². The fourth-order valence-electron chi connectivity index (χ4n) is 3.65. The van der Waals surface area contributed by atoms with E-state index >= 15 is 0 Å². The van der Waals surface area contributed by atoms with E-state index in [1.807, 2.05) is 4.90 Å². The molecule has 0 aliphatic carbocycles. The van der Waals surface area contributed by atoms with Crippen molar-refractivity contribution in [2.24, 2.45) is 5.92 Å². The first-order chi connectivity index (χ1) is 11.6. The van der Waals surface area contributed by atoms with Crippen LogP contribution in [0, 0.1) is 19.8 Å². The van der Waals surface area contributed by atoms with Crippen LogP contribution in [0.25, 0.3) is 0 Å². The van der Waals surface area contributed by atoms with Crippen molar-refractivity contribution in [3.8, 4) is 5.75 Å². The zero-order valence-electron chi connectivity index (χ0n) is 15.4. The maximum Gasteiger partial charge on any atom is 0.222 e. The Bertz CT molecular complexity index is 565. The second-order valence-corrected chi connectivity index (χ2v) is 7.34. The minimum Gasteiger partial charge on any atom is -0.490 e. The molecule has 5 heteroatoms. The van der Waals surface area contributed by atoms with Crippen molar-refractivity contribution in [1.82, 2.24) is 10.2 Å². The molecule has 2 aliphatic rings. The Morgan fingerprint density at radius 2 is 1.96 bits per heavy atom. The molecule has 1 amide bonds. The SMILES string of the molecule is Cc1ccc(OC2CCN(C(=O)CCC3CCNC3)CC2)cc1C.Cl. The van der Waals surface area contributed by atoms with Crippen LogP contribution in [0.4, 0.5) is 0 Å². The van der Waals surface area contributed by atoms with Crippen molar-refractivity contribution >= 4 is 18.3 Å². The maximum absolute atomic E-state index is 12.4. The summed E-state index contributed by atoms with van der Waals surface area (Å²) in [6.07, 6.45) is 5.06. The molecular weight excluding hydrogens is 336 g/mol. The van der Waals surface area contributed by atoms with Gasteiger partial charge in [0.15, 0.2) is 0 Å². The number of piperidine rings is 1. The van der Waals surface area contributed by atoms with Gasteiger partial charge in [0.1, 0.15) is 11.9 Å². The Kier molecular flexibility index (Phi) is 7.57. The summed E-state index contributed by atoms with van der Waals surface area (Å²) in [4.78, 5) is 14.4. The predicted molar refractivity (Wildman–Crippen MR) is 104 cm³/mol. The fraction of sp³-hybridized carbons (Fsp3) is 0.650. The van der Waals surface area contributed by atoms with Crippen LogP contribution in [0.1, 0.15) is 43.2 Å².